The van der Waals surface area contributed by atoms with Crippen LogP contribution in [0.3, 0.4) is 0 Å². The van der Waals surface area contributed by atoms with Crippen molar-refractivity contribution in [2.75, 3.05) is 17.6 Å². The maximum Gasteiger partial charge on any atom is 0.186 e. The van der Waals surface area contributed by atoms with E-state index in [-0.39, 0.29) is 11.6 Å². The Balaban J connectivity index is 2.32. The highest BCUT2D eigenvalue weighted by Crippen LogP contribution is 2.24. The Morgan fingerprint density at radius 2 is 1.86 bits per heavy atom. The second-order valence-electron chi connectivity index (χ2n) is 4.68. The molecule has 1 aromatic carbocycles. The SMILES string of the molecule is CCCNc1nc(-c2ccc(SCC)cc2)nc(C)c1F. The van der Waals surface area contributed by atoms with Crippen molar-refractivity contribution < 1.29 is 4.39 Å². The van der Waals surface area contributed by atoms with E-state index < -0.39 is 0 Å². The Labute approximate surface area is 129 Å². The first-order valence-corrected chi connectivity index (χ1v) is 8.15. The molecule has 0 saturated heterocycles. The molecule has 0 unspecified atom stereocenters. The predicted octanol–water partition coefficient (Wildman–Crippen LogP) is 4.53. The van der Waals surface area contributed by atoms with Gasteiger partial charge < -0.3 is 5.32 Å². The fourth-order valence-electron chi connectivity index (χ4n) is 1.92. The lowest BCUT2D eigenvalue weighted by atomic mass is 10.2. The molecule has 21 heavy (non-hydrogen) atoms. The summed E-state index contributed by atoms with van der Waals surface area (Å²) in [5.41, 5.74) is 1.27. The summed E-state index contributed by atoms with van der Waals surface area (Å²) in [6, 6.07) is 8.05. The Morgan fingerprint density at radius 1 is 1.14 bits per heavy atom. The highest BCUT2D eigenvalue weighted by molar-refractivity contribution is 7.99. The first kappa shape index (κ1) is 15.8. The zero-order valence-electron chi connectivity index (χ0n) is 12.6. The van der Waals surface area contributed by atoms with Crippen LogP contribution in [0.25, 0.3) is 11.4 Å². The van der Waals surface area contributed by atoms with Crippen LogP contribution in [0.15, 0.2) is 29.2 Å². The average molecular weight is 305 g/mol. The van der Waals surface area contributed by atoms with Crippen molar-refractivity contribution in [2.24, 2.45) is 0 Å². The lowest BCUT2D eigenvalue weighted by Gasteiger charge is -2.10. The van der Waals surface area contributed by atoms with Gasteiger partial charge in [-0.3, -0.25) is 0 Å². The first-order chi connectivity index (χ1) is 10.2. The summed E-state index contributed by atoms with van der Waals surface area (Å²) in [4.78, 5) is 9.78. The van der Waals surface area contributed by atoms with Gasteiger partial charge in [0.05, 0.1) is 5.69 Å². The highest BCUT2D eigenvalue weighted by Gasteiger charge is 2.12. The first-order valence-electron chi connectivity index (χ1n) is 7.17. The van der Waals surface area contributed by atoms with E-state index in [0.29, 0.717) is 18.1 Å². The molecule has 2 rings (SSSR count). The highest BCUT2D eigenvalue weighted by atomic mass is 32.2. The topological polar surface area (TPSA) is 37.8 Å². The number of thioether (sulfide) groups is 1. The van der Waals surface area contributed by atoms with Crippen LogP contribution in [-0.4, -0.2) is 22.3 Å². The standard InChI is InChI=1S/C16H20FN3S/c1-4-10-18-16-14(17)11(3)19-15(20-16)12-6-8-13(9-7-12)21-5-2/h6-9H,4-5,10H2,1-3H3,(H,18,19,20). The number of benzene rings is 1. The van der Waals surface area contributed by atoms with Gasteiger partial charge in [0.2, 0.25) is 0 Å². The zero-order chi connectivity index (χ0) is 15.2. The summed E-state index contributed by atoms with van der Waals surface area (Å²) < 4.78 is 14.0. The largest absolute Gasteiger partial charge is 0.368 e. The minimum absolute atomic E-state index is 0.284. The van der Waals surface area contributed by atoms with E-state index in [9.17, 15) is 4.39 Å². The van der Waals surface area contributed by atoms with E-state index >= 15 is 0 Å². The van der Waals surface area contributed by atoms with E-state index in [1.165, 1.54) is 4.90 Å². The van der Waals surface area contributed by atoms with Crippen LogP contribution in [-0.2, 0) is 0 Å². The van der Waals surface area contributed by atoms with Gasteiger partial charge in [0.15, 0.2) is 17.5 Å². The number of halogens is 1. The van der Waals surface area contributed by atoms with E-state index in [1.807, 2.05) is 31.2 Å². The van der Waals surface area contributed by atoms with Crippen molar-refractivity contribution in [3.63, 3.8) is 0 Å². The molecule has 0 saturated carbocycles. The van der Waals surface area contributed by atoms with Gasteiger partial charge in [-0.05, 0) is 31.2 Å². The van der Waals surface area contributed by atoms with Gasteiger partial charge in [0.1, 0.15) is 0 Å². The summed E-state index contributed by atoms with van der Waals surface area (Å²) in [7, 11) is 0. The third kappa shape index (κ3) is 3.94. The molecule has 0 spiro atoms. The van der Waals surface area contributed by atoms with Gasteiger partial charge in [-0.1, -0.05) is 26.0 Å². The number of hydrogen-bond acceptors (Lipinski definition) is 4. The fraction of sp³-hybridized carbons (Fsp3) is 0.375. The van der Waals surface area contributed by atoms with Crippen molar-refractivity contribution in [1.29, 1.82) is 0 Å². The summed E-state index contributed by atoms with van der Waals surface area (Å²) in [5, 5.41) is 3.02. The molecule has 0 amide bonds. The minimum Gasteiger partial charge on any atom is -0.368 e. The maximum absolute atomic E-state index is 14.0. The van der Waals surface area contributed by atoms with Crippen LogP contribution in [0.5, 0.6) is 0 Å². The van der Waals surface area contributed by atoms with Gasteiger partial charge in [0, 0.05) is 17.0 Å². The molecule has 112 valence electrons. The number of anilines is 1. The lowest BCUT2D eigenvalue weighted by Crippen LogP contribution is -2.08. The summed E-state index contributed by atoms with van der Waals surface area (Å²) in [6.45, 7) is 6.51. The Kier molecular flexibility index (Phi) is 5.56. The van der Waals surface area contributed by atoms with E-state index in [2.05, 4.69) is 22.2 Å². The summed E-state index contributed by atoms with van der Waals surface area (Å²) in [5.74, 6) is 1.51. The van der Waals surface area contributed by atoms with E-state index in [4.69, 9.17) is 0 Å². The van der Waals surface area contributed by atoms with Crippen LogP contribution in [0.4, 0.5) is 10.2 Å². The Hall–Kier alpha value is -1.62. The van der Waals surface area contributed by atoms with Gasteiger partial charge in [-0.25, -0.2) is 14.4 Å². The number of nitrogens with one attached hydrogen (secondary N) is 1. The molecule has 1 N–H and O–H groups in total. The molecule has 0 radical (unpaired) electrons. The Morgan fingerprint density at radius 3 is 2.48 bits per heavy atom. The number of aryl methyl sites for hydroxylation is 1. The van der Waals surface area contributed by atoms with Crippen LogP contribution < -0.4 is 5.32 Å². The van der Waals surface area contributed by atoms with Crippen LogP contribution in [0, 0.1) is 12.7 Å². The average Bonchev–Trinajstić information content (AvgIpc) is 2.50. The molecule has 5 heteroatoms. The second kappa shape index (κ2) is 7.41. The summed E-state index contributed by atoms with van der Waals surface area (Å²) in [6.07, 6.45) is 0.917. The third-order valence-corrected chi connectivity index (χ3v) is 3.88. The maximum atomic E-state index is 14.0. The van der Waals surface area contributed by atoms with Crippen LogP contribution >= 0.6 is 11.8 Å². The van der Waals surface area contributed by atoms with Crippen molar-refractivity contribution >= 4 is 17.6 Å². The van der Waals surface area contributed by atoms with E-state index in [0.717, 1.165) is 17.7 Å². The predicted molar refractivity (Wildman–Crippen MR) is 87.3 cm³/mol. The molecule has 0 aliphatic heterocycles. The zero-order valence-corrected chi connectivity index (χ0v) is 13.4. The molecule has 0 fully saturated rings. The molecule has 3 nitrogen and oxygen atoms in total. The van der Waals surface area contributed by atoms with Gasteiger partial charge in [0.25, 0.3) is 0 Å². The molecule has 0 aliphatic rings. The quantitative estimate of drug-likeness (QED) is 0.796. The molecule has 0 bridgehead atoms. The van der Waals surface area contributed by atoms with Gasteiger partial charge in [-0.2, -0.15) is 0 Å². The molecular formula is C16H20FN3S. The van der Waals surface area contributed by atoms with Gasteiger partial charge >= 0.3 is 0 Å². The number of rotatable bonds is 6. The van der Waals surface area contributed by atoms with Crippen molar-refractivity contribution in [1.82, 2.24) is 9.97 Å². The Bertz CT molecular complexity index is 599. The van der Waals surface area contributed by atoms with Crippen molar-refractivity contribution in [3.05, 3.63) is 35.8 Å². The van der Waals surface area contributed by atoms with Crippen LogP contribution in [0.1, 0.15) is 26.0 Å². The fourth-order valence-corrected chi connectivity index (χ4v) is 2.58. The number of nitrogens with zero attached hydrogens (tertiary/aromatic N) is 2. The molecule has 0 atom stereocenters. The van der Waals surface area contributed by atoms with Crippen molar-refractivity contribution in [2.45, 2.75) is 32.1 Å². The molecule has 2 aromatic rings. The molecule has 1 heterocycles. The summed E-state index contributed by atoms with van der Waals surface area (Å²) >= 11 is 1.79. The second-order valence-corrected chi connectivity index (χ2v) is 6.02. The minimum atomic E-state index is -0.370. The van der Waals surface area contributed by atoms with Crippen molar-refractivity contribution in [3.8, 4) is 11.4 Å². The van der Waals surface area contributed by atoms with E-state index in [1.54, 1.807) is 18.7 Å². The smallest absolute Gasteiger partial charge is 0.186 e. The third-order valence-electron chi connectivity index (χ3n) is 2.98. The molecular weight excluding hydrogens is 285 g/mol. The lowest BCUT2D eigenvalue weighted by molar-refractivity contribution is 0.605. The van der Waals surface area contributed by atoms with Crippen LogP contribution in [0.2, 0.25) is 0 Å². The number of aromatic nitrogens is 2. The molecule has 0 aliphatic carbocycles. The molecule has 1 aromatic heterocycles. The van der Waals surface area contributed by atoms with Gasteiger partial charge in [-0.15, -0.1) is 11.8 Å². The number of hydrogen-bond donors (Lipinski definition) is 1. The monoisotopic (exact) mass is 305 g/mol. The normalized spacial score (nSPS) is 10.7.